The lowest BCUT2D eigenvalue weighted by atomic mass is 9.98. The van der Waals surface area contributed by atoms with Crippen LogP contribution in [0.3, 0.4) is 0 Å². The first kappa shape index (κ1) is 15.1. The van der Waals surface area contributed by atoms with Gasteiger partial charge < -0.3 is 9.67 Å². The van der Waals surface area contributed by atoms with Gasteiger partial charge in [0.25, 0.3) is 0 Å². The molecule has 0 amide bonds. The van der Waals surface area contributed by atoms with Crippen molar-refractivity contribution in [3.05, 3.63) is 21.8 Å². The van der Waals surface area contributed by atoms with Crippen LogP contribution in [0, 0.1) is 9.49 Å². The minimum Gasteiger partial charge on any atom is -0.481 e. The number of aliphatic carboxylic acids is 1. The summed E-state index contributed by atoms with van der Waals surface area (Å²) in [5.74, 6) is -0.114. The van der Waals surface area contributed by atoms with Gasteiger partial charge in [0, 0.05) is 9.11 Å². The number of carbonyl (C=O) groups is 1. The number of halogens is 1. The molecule has 1 aliphatic rings. The van der Waals surface area contributed by atoms with Gasteiger partial charge in [0.15, 0.2) is 5.16 Å². The zero-order chi connectivity index (χ0) is 15.2. The first-order valence-corrected chi connectivity index (χ1v) is 8.99. The fraction of sp³-hybridized carbons (Fsp3) is 0.467. The number of nitrogens with zero attached hydrogens (tertiary/aromatic N) is 2. The van der Waals surface area contributed by atoms with Gasteiger partial charge in [-0.25, -0.2) is 4.98 Å². The number of benzene rings is 1. The molecule has 4 nitrogen and oxygen atoms in total. The van der Waals surface area contributed by atoms with Crippen LogP contribution in [-0.4, -0.2) is 26.4 Å². The van der Waals surface area contributed by atoms with E-state index in [9.17, 15) is 4.79 Å². The maximum Gasteiger partial charge on any atom is 0.313 e. The second kappa shape index (κ2) is 5.46. The van der Waals surface area contributed by atoms with E-state index in [1.165, 1.54) is 24.6 Å². The molecular formula is C15H17IN2O2S. The maximum atomic E-state index is 10.9. The molecule has 0 atom stereocenters. The van der Waals surface area contributed by atoms with Crippen molar-refractivity contribution >= 4 is 51.4 Å². The Morgan fingerprint density at radius 2 is 2.24 bits per heavy atom. The number of rotatable bonds is 5. The Kier molecular flexibility index (Phi) is 3.94. The van der Waals surface area contributed by atoms with Gasteiger partial charge in [0.1, 0.15) is 0 Å². The van der Waals surface area contributed by atoms with Crippen LogP contribution in [0.1, 0.15) is 26.7 Å². The highest BCUT2D eigenvalue weighted by molar-refractivity contribution is 14.1. The van der Waals surface area contributed by atoms with Crippen LogP contribution in [0.25, 0.3) is 11.0 Å². The van der Waals surface area contributed by atoms with Crippen LogP contribution in [0.2, 0.25) is 0 Å². The predicted molar refractivity (Wildman–Crippen MR) is 92.9 cm³/mol. The lowest BCUT2D eigenvalue weighted by Gasteiger charge is -2.29. The number of hydrogen-bond donors (Lipinski definition) is 1. The topological polar surface area (TPSA) is 55.1 Å². The third kappa shape index (κ3) is 2.92. The number of aromatic nitrogens is 2. The summed E-state index contributed by atoms with van der Waals surface area (Å²) >= 11 is 3.59. The molecular weight excluding hydrogens is 399 g/mol. The summed E-state index contributed by atoms with van der Waals surface area (Å²) in [5, 5.41) is 9.76. The van der Waals surface area contributed by atoms with Crippen LogP contribution in [0.5, 0.6) is 0 Å². The van der Waals surface area contributed by atoms with Gasteiger partial charge >= 0.3 is 5.97 Å². The second-order valence-corrected chi connectivity index (χ2v) is 8.16. The van der Waals surface area contributed by atoms with Crippen molar-refractivity contribution in [2.75, 3.05) is 5.75 Å². The fourth-order valence-corrected chi connectivity index (χ4v) is 4.14. The molecule has 1 N–H and O–H groups in total. The van der Waals surface area contributed by atoms with Crippen molar-refractivity contribution in [1.82, 2.24) is 9.55 Å². The van der Waals surface area contributed by atoms with E-state index in [1.54, 1.807) is 0 Å². The van der Waals surface area contributed by atoms with Crippen LogP contribution in [0.4, 0.5) is 0 Å². The normalized spacial score (nSPS) is 15.6. The maximum absolute atomic E-state index is 10.9. The van der Waals surface area contributed by atoms with Crippen molar-refractivity contribution in [3.63, 3.8) is 0 Å². The molecule has 1 heterocycles. The molecule has 0 unspecified atom stereocenters. The summed E-state index contributed by atoms with van der Waals surface area (Å²) in [5.41, 5.74) is 2.02. The summed E-state index contributed by atoms with van der Waals surface area (Å²) in [7, 11) is 0. The molecule has 6 heteroatoms. The molecule has 3 rings (SSSR count). The average Bonchev–Trinajstić information content (AvgIpc) is 3.18. The van der Waals surface area contributed by atoms with E-state index in [2.05, 4.69) is 64.2 Å². The third-order valence-electron chi connectivity index (χ3n) is 4.06. The van der Waals surface area contributed by atoms with Gasteiger partial charge in [-0.05, 0) is 73.4 Å². The predicted octanol–water partition coefficient (Wildman–Crippen LogP) is 3.96. The Labute approximate surface area is 141 Å². The van der Waals surface area contributed by atoms with E-state index in [0.717, 1.165) is 19.8 Å². The second-order valence-electron chi connectivity index (χ2n) is 5.97. The minimum atomic E-state index is -0.808. The van der Waals surface area contributed by atoms with Gasteiger partial charge in [-0.3, -0.25) is 4.79 Å². The number of carboxylic acids is 1. The molecule has 0 radical (unpaired) electrons. The molecule has 1 aromatic carbocycles. The van der Waals surface area contributed by atoms with Crippen molar-refractivity contribution in [2.24, 2.45) is 5.92 Å². The fourth-order valence-electron chi connectivity index (χ4n) is 2.78. The lowest BCUT2D eigenvalue weighted by molar-refractivity contribution is -0.133. The van der Waals surface area contributed by atoms with Crippen LogP contribution >= 0.6 is 34.4 Å². The van der Waals surface area contributed by atoms with Crippen molar-refractivity contribution in [2.45, 2.75) is 37.4 Å². The van der Waals surface area contributed by atoms with E-state index in [0.29, 0.717) is 5.92 Å². The van der Waals surface area contributed by atoms with Crippen LogP contribution in [-0.2, 0) is 10.3 Å². The van der Waals surface area contributed by atoms with Crippen molar-refractivity contribution < 1.29 is 9.90 Å². The van der Waals surface area contributed by atoms with Gasteiger partial charge in [0.2, 0.25) is 0 Å². The van der Waals surface area contributed by atoms with Gasteiger partial charge in [0.05, 0.1) is 16.8 Å². The standard InChI is InChI=1S/C15H17IN2O2S/c1-15(2,9-3-4-9)18-12-6-5-10(16)7-11(12)17-14(18)21-8-13(19)20/h5-7,9H,3-4,8H2,1-2H3,(H,19,20). The Morgan fingerprint density at radius 1 is 1.52 bits per heavy atom. The molecule has 0 aliphatic heterocycles. The molecule has 1 aliphatic carbocycles. The molecule has 1 aromatic heterocycles. The minimum absolute atomic E-state index is 0.0254. The quantitative estimate of drug-likeness (QED) is 0.592. The molecule has 112 valence electrons. The van der Waals surface area contributed by atoms with Gasteiger partial charge in [-0.2, -0.15) is 0 Å². The summed E-state index contributed by atoms with van der Waals surface area (Å²) in [6.07, 6.45) is 2.47. The molecule has 21 heavy (non-hydrogen) atoms. The Balaban J connectivity index is 2.12. The molecule has 0 bridgehead atoms. The monoisotopic (exact) mass is 416 g/mol. The Bertz CT molecular complexity index is 707. The highest BCUT2D eigenvalue weighted by atomic mass is 127. The highest BCUT2D eigenvalue weighted by Crippen LogP contribution is 2.46. The number of fused-ring (bicyclic) bond motifs is 1. The Morgan fingerprint density at radius 3 is 2.86 bits per heavy atom. The molecule has 2 aromatic rings. The smallest absolute Gasteiger partial charge is 0.313 e. The van der Waals surface area contributed by atoms with Gasteiger partial charge in [-0.1, -0.05) is 11.8 Å². The summed E-state index contributed by atoms with van der Waals surface area (Å²) in [4.78, 5) is 15.6. The van der Waals surface area contributed by atoms with Crippen LogP contribution < -0.4 is 0 Å². The van der Waals surface area contributed by atoms with E-state index >= 15 is 0 Å². The average molecular weight is 416 g/mol. The SMILES string of the molecule is CC(C)(C1CC1)n1c(SCC(=O)O)nc2cc(I)ccc21. The third-order valence-corrected chi connectivity index (χ3v) is 5.66. The number of thioether (sulfide) groups is 1. The first-order valence-electron chi connectivity index (χ1n) is 6.92. The largest absolute Gasteiger partial charge is 0.481 e. The van der Waals surface area contributed by atoms with Gasteiger partial charge in [-0.15, -0.1) is 0 Å². The van der Waals surface area contributed by atoms with E-state index < -0.39 is 5.97 Å². The molecule has 1 fully saturated rings. The first-order chi connectivity index (χ1) is 9.89. The number of hydrogen-bond acceptors (Lipinski definition) is 3. The molecule has 0 spiro atoms. The van der Waals surface area contributed by atoms with Crippen molar-refractivity contribution in [3.8, 4) is 0 Å². The Hall–Kier alpha value is -0.760. The van der Waals surface area contributed by atoms with E-state index in [-0.39, 0.29) is 11.3 Å². The van der Waals surface area contributed by atoms with Crippen molar-refractivity contribution in [1.29, 1.82) is 0 Å². The lowest BCUT2D eigenvalue weighted by Crippen LogP contribution is -2.29. The summed E-state index contributed by atoms with van der Waals surface area (Å²) < 4.78 is 3.38. The van der Waals surface area contributed by atoms with Crippen LogP contribution in [0.15, 0.2) is 23.4 Å². The number of carboxylic acid groups (broad SMARTS) is 1. The zero-order valence-corrected chi connectivity index (χ0v) is 14.9. The highest BCUT2D eigenvalue weighted by Gasteiger charge is 2.41. The zero-order valence-electron chi connectivity index (χ0n) is 12.0. The van der Waals surface area contributed by atoms with E-state index in [1.807, 2.05) is 0 Å². The summed E-state index contributed by atoms with van der Waals surface area (Å²) in [6, 6.07) is 6.23. The molecule has 1 saturated carbocycles. The molecule has 0 saturated heterocycles. The number of imidazole rings is 1. The summed E-state index contributed by atoms with van der Waals surface area (Å²) in [6.45, 7) is 4.46. The van der Waals surface area contributed by atoms with E-state index in [4.69, 9.17) is 5.11 Å².